The highest BCUT2D eigenvalue weighted by molar-refractivity contribution is 5.85. The Bertz CT molecular complexity index is 388. The number of carboxylic acids is 1. The summed E-state index contributed by atoms with van der Waals surface area (Å²) in [5, 5.41) is 8.31. The van der Waals surface area contributed by atoms with Crippen molar-refractivity contribution in [2.45, 2.75) is 33.1 Å². The van der Waals surface area contributed by atoms with Gasteiger partial charge in [-0.15, -0.1) is 0 Å². The van der Waals surface area contributed by atoms with Gasteiger partial charge in [-0.3, -0.25) is 0 Å². The molecule has 0 saturated carbocycles. The van der Waals surface area contributed by atoms with E-state index in [0.717, 1.165) is 12.8 Å². The van der Waals surface area contributed by atoms with Gasteiger partial charge in [0.1, 0.15) is 0 Å². The molecule has 1 aromatic rings. The summed E-state index contributed by atoms with van der Waals surface area (Å²) >= 11 is 0. The first kappa shape index (κ1) is 16.2. The monoisotopic (exact) mass is 246 g/mol. The Morgan fingerprint density at radius 2 is 1.89 bits per heavy atom. The van der Waals surface area contributed by atoms with Crippen LogP contribution in [0.1, 0.15) is 37.3 Å². The standard InChI is InChI=1S/C9H10.C7H12O2/c1-3-9-6-4-8(2)5-7-9;1-3-4-5-6(2)7(8)9/h3-7H,1H2,2H3;2-5H2,1H3,(H,8,9). The number of carbonyl (C=O) groups is 1. The molecule has 0 aliphatic carbocycles. The minimum Gasteiger partial charge on any atom is -0.478 e. The Morgan fingerprint density at radius 1 is 1.33 bits per heavy atom. The predicted octanol–water partition coefficient (Wildman–Crippen LogP) is 4.46. The lowest BCUT2D eigenvalue weighted by Crippen LogP contribution is -1.97. The molecule has 2 heteroatoms. The summed E-state index contributed by atoms with van der Waals surface area (Å²) in [7, 11) is 0. The topological polar surface area (TPSA) is 37.3 Å². The van der Waals surface area contributed by atoms with Crippen molar-refractivity contribution in [1.82, 2.24) is 0 Å². The molecule has 0 aliphatic rings. The van der Waals surface area contributed by atoms with Crippen LogP contribution in [0.5, 0.6) is 0 Å². The van der Waals surface area contributed by atoms with Gasteiger partial charge in [0, 0.05) is 5.57 Å². The molecule has 0 aromatic heterocycles. The van der Waals surface area contributed by atoms with E-state index in [1.807, 2.05) is 13.0 Å². The smallest absolute Gasteiger partial charge is 0.330 e. The molecule has 1 N–H and O–H groups in total. The number of aliphatic carboxylic acids is 1. The summed E-state index contributed by atoms with van der Waals surface area (Å²) in [6, 6.07) is 8.28. The average Bonchev–Trinajstić information content (AvgIpc) is 2.37. The van der Waals surface area contributed by atoms with Crippen LogP contribution in [-0.2, 0) is 4.79 Å². The molecule has 98 valence electrons. The van der Waals surface area contributed by atoms with E-state index in [1.165, 1.54) is 11.1 Å². The van der Waals surface area contributed by atoms with Gasteiger partial charge >= 0.3 is 5.97 Å². The summed E-state index contributed by atoms with van der Waals surface area (Å²) in [5.74, 6) is -0.872. The number of rotatable bonds is 5. The molecule has 1 rings (SSSR count). The van der Waals surface area contributed by atoms with E-state index in [-0.39, 0.29) is 0 Å². The van der Waals surface area contributed by atoms with Crippen molar-refractivity contribution in [3.8, 4) is 0 Å². The van der Waals surface area contributed by atoms with E-state index in [4.69, 9.17) is 5.11 Å². The van der Waals surface area contributed by atoms with Crippen LogP contribution in [0.4, 0.5) is 0 Å². The van der Waals surface area contributed by atoms with Crippen molar-refractivity contribution in [3.63, 3.8) is 0 Å². The molecule has 0 spiro atoms. The highest BCUT2D eigenvalue weighted by Gasteiger charge is 2.00. The van der Waals surface area contributed by atoms with Crippen LogP contribution in [0.2, 0.25) is 0 Å². The number of carboxylic acid groups (broad SMARTS) is 1. The zero-order chi connectivity index (χ0) is 14.0. The molecular formula is C16H22O2. The fourth-order valence-corrected chi connectivity index (χ4v) is 1.20. The van der Waals surface area contributed by atoms with Gasteiger partial charge in [-0.1, -0.05) is 62.4 Å². The highest BCUT2D eigenvalue weighted by atomic mass is 16.4. The lowest BCUT2D eigenvalue weighted by molar-refractivity contribution is -0.132. The lowest BCUT2D eigenvalue weighted by Gasteiger charge is -1.95. The molecule has 0 aliphatic heterocycles. The third kappa shape index (κ3) is 7.44. The van der Waals surface area contributed by atoms with E-state index < -0.39 is 5.97 Å². The lowest BCUT2D eigenvalue weighted by atomic mass is 10.1. The average molecular weight is 246 g/mol. The van der Waals surface area contributed by atoms with E-state index in [2.05, 4.69) is 44.3 Å². The summed E-state index contributed by atoms with van der Waals surface area (Å²) in [6.07, 6.45) is 4.41. The molecule has 1 aromatic carbocycles. The van der Waals surface area contributed by atoms with Crippen LogP contribution in [0.25, 0.3) is 6.08 Å². The van der Waals surface area contributed by atoms with E-state index in [9.17, 15) is 4.79 Å². The maximum Gasteiger partial charge on any atom is 0.330 e. The maximum absolute atomic E-state index is 10.1. The molecule has 0 atom stereocenters. The number of benzene rings is 1. The van der Waals surface area contributed by atoms with Crippen molar-refractivity contribution in [1.29, 1.82) is 0 Å². The molecule has 0 amide bonds. The largest absolute Gasteiger partial charge is 0.478 e. The Morgan fingerprint density at radius 3 is 2.28 bits per heavy atom. The molecule has 18 heavy (non-hydrogen) atoms. The van der Waals surface area contributed by atoms with Crippen LogP contribution in [0.3, 0.4) is 0 Å². The fourth-order valence-electron chi connectivity index (χ4n) is 1.20. The molecule has 0 saturated heterocycles. The van der Waals surface area contributed by atoms with Gasteiger partial charge in [-0.2, -0.15) is 0 Å². The van der Waals surface area contributed by atoms with Gasteiger partial charge in [0.25, 0.3) is 0 Å². The normalized spacial score (nSPS) is 9.00. The van der Waals surface area contributed by atoms with Crippen molar-refractivity contribution in [3.05, 3.63) is 54.1 Å². The first-order valence-corrected chi connectivity index (χ1v) is 6.11. The fraction of sp³-hybridized carbons (Fsp3) is 0.312. The Balaban J connectivity index is 0.000000321. The van der Waals surface area contributed by atoms with E-state index in [1.54, 1.807) is 0 Å². The SMILES string of the molecule is C=C(CCCC)C(=O)O.C=Cc1ccc(C)cc1. The molecule has 0 fully saturated rings. The number of hydrogen-bond acceptors (Lipinski definition) is 1. The molecule has 0 radical (unpaired) electrons. The van der Waals surface area contributed by atoms with E-state index in [0.29, 0.717) is 12.0 Å². The minimum absolute atomic E-state index is 0.317. The maximum atomic E-state index is 10.1. The van der Waals surface area contributed by atoms with Gasteiger partial charge in [0.15, 0.2) is 0 Å². The minimum atomic E-state index is -0.872. The first-order chi connectivity index (χ1) is 8.51. The molecule has 2 nitrogen and oxygen atoms in total. The Kier molecular flexibility index (Phi) is 8.29. The summed E-state index contributed by atoms with van der Waals surface area (Å²) < 4.78 is 0. The van der Waals surface area contributed by atoms with Crippen molar-refractivity contribution in [2.24, 2.45) is 0 Å². The van der Waals surface area contributed by atoms with E-state index >= 15 is 0 Å². The van der Waals surface area contributed by atoms with Gasteiger partial charge in [-0.05, 0) is 25.3 Å². The Hall–Kier alpha value is -1.83. The van der Waals surface area contributed by atoms with Gasteiger partial charge in [0.05, 0.1) is 0 Å². The number of hydrogen-bond donors (Lipinski definition) is 1. The molecular weight excluding hydrogens is 224 g/mol. The third-order valence-electron chi connectivity index (χ3n) is 2.45. The Labute approximate surface area is 110 Å². The molecule has 0 bridgehead atoms. The second-order valence-electron chi connectivity index (χ2n) is 4.13. The zero-order valence-corrected chi connectivity index (χ0v) is 11.3. The second-order valence-corrected chi connectivity index (χ2v) is 4.13. The summed E-state index contributed by atoms with van der Waals surface area (Å²) in [4.78, 5) is 10.1. The third-order valence-corrected chi connectivity index (χ3v) is 2.45. The highest BCUT2D eigenvalue weighted by Crippen LogP contribution is 2.03. The number of unbranched alkanes of at least 4 members (excludes halogenated alkanes) is 1. The zero-order valence-electron chi connectivity index (χ0n) is 11.3. The predicted molar refractivity (Wildman–Crippen MR) is 77.6 cm³/mol. The van der Waals surface area contributed by atoms with Gasteiger partial charge in [-0.25, -0.2) is 4.79 Å². The van der Waals surface area contributed by atoms with Crippen molar-refractivity contribution >= 4 is 12.0 Å². The van der Waals surface area contributed by atoms with Crippen molar-refractivity contribution in [2.75, 3.05) is 0 Å². The first-order valence-electron chi connectivity index (χ1n) is 6.11. The summed E-state index contributed by atoms with van der Waals surface area (Å²) in [6.45, 7) is 11.2. The second kappa shape index (κ2) is 9.23. The van der Waals surface area contributed by atoms with Crippen LogP contribution >= 0.6 is 0 Å². The van der Waals surface area contributed by atoms with Crippen LogP contribution in [0.15, 0.2) is 43.0 Å². The van der Waals surface area contributed by atoms with Crippen LogP contribution in [-0.4, -0.2) is 11.1 Å². The summed E-state index contributed by atoms with van der Waals surface area (Å²) in [5.41, 5.74) is 2.79. The molecule has 0 heterocycles. The van der Waals surface area contributed by atoms with Crippen molar-refractivity contribution < 1.29 is 9.90 Å². The molecule has 0 unspecified atom stereocenters. The van der Waals surface area contributed by atoms with Crippen LogP contribution < -0.4 is 0 Å². The quantitative estimate of drug-likeness (QED) is 0.779. The van der Waals surface area contributed by atoms with Gasteiger partial charge < -0.3 is 5.11 Å². The van der Waals surface area contributed by atoms with Gasteiger partial charge in [0.2, 0.25) is 0 Å². The number of aryl methyl sites for hydroxylation is 1. The van der Waals surface area contributed by atoms with Crippen LogP contribution in [0, 0.1) is 6.92 Å².